The smallest absolute Gasteiger partial charge is 0.335 e. The van der Waals surface area contributed by atoms with E-state index in [1.54, 1.807) is 29.0 Å². The molecule has 2 aromatic carbocycles. The standard InChI is InChI=1S/C14H10NO2.C12H10N.Ir/c1-9-5-3-7-11-12(9)13-10(14(16)17-11)6-4-8-15(13)2;1-13-10-6-5-9-12(13)11-7-3-2-4-8-11;/h3-8H,1-2H2;2-7,9-10H,1H2;/q2*-1;. The second kappa shape index (κ2) is 9.52. The summed E-state index contributed by atoms with van der Waals surface area (Å²) in [5, 5.41) is 1.35. The fourth-order valence-corrected chi connectivity index (χ4v) is 3.35. The number of pyridine rings is 2. The number of benzene rings is 2. The molecule has 0 N–H and O–H groups in total. The van der Waals surface area contributed by atoms with Gasteiger partial charge in [-0.05, 0) is 12.1 Å². The zero-order valence-corrected chi connectivity index (χ0v) is 19.1. The van der Waals surface area contributed by atoms with Crippen LogP contribution in [0.15, 0.2) is 94.4 Å². The van der Waals surface area contributed by atoms with Crippen LogP contribution >= 0.6 is 0 Å². The maximum absolute atomic E-state index is 11.8. The molecule has 0 amide bonds. The van der Waals surface area contributed by atoms with E-state index in [1.165, 1.54) is 0 Å². The zero-order chi connectivity index (χ0) is 21.1. The minimum absolute atomic E-state index is 0. The molecule has 0 aliphatic carbocycles. The SMILES string of the molecule is [CH2-][n+]1ccccc1-c1[c-]cccc1.[CH2-]c1cccc2oc(=O)c3ccc[n+]([CH2-])c3c12.[Ir]. The van der Waals surface area contributed by atoms with Crippen molar-refractivity contribution in [2.45, 2.75) is 0 Å². The van der Waals surface area contributed by atoms with E-state index in [2.05, 4.69) is 27.1 Å². The molecule has 3 heterocycles. The normalized spacial score (nSPS) is 10.2. The van der Waals surface area contributed by atoms with Gasteiger partial charge in [-0.2, -0.15) is 18.6 Å². The Morgan fingerprint density at radius 3 is 2.35 bits per heavy atom. The largest absolute Gasteiger partial charge is 0.437 e. The van der Waals surface area contributed by atoms with Crippen LogP contribution in [0, 0.1) is 27.1 Å². The molecular weight excluding hydrogens is 565 g/mol. The summed E-state index contributed by atoms with van der Waals surface area (Å²) in [5.74, 6) is 0. The second-order valence-electron chi connectivity index (χ2n) is 6.75. The number of hydrogen-bond acceptors (Lipinski definition) is 2. The van der Waals surface area contributed by atoms with Crippen molar-refractivity contribution in [3.05, 3.63) is 128 Å². The van der Waals surface area contributed by atoms with E-state index in [1.807, 2.05) is 65.4 Å². The first-order chi connectivity index (χ1) is 14.6. The van der Waals surface area contributed by atoms with E-state index in [9.17, 15) is 4.79 Å². The van der Waals surface area contributed by atoms with Gasteiger partial charge in [0.05, 0.1) is 28.9 Å². The topological polar surface area (TPSA) is 38.0 Å². The van der Waals surface area contributed by atoms with Crippen molar-refractivity contribution in [1.29, 1.82) is 0 Å². The number of nitrogens with zero attached hydrogens (tertiary/aromatic N) is 2. The van der Waals surface area contributed by atoms with Gasteiger partial charge in [-0.15, -0.1) is 36.4 Å². The van der Waals surface area contributed by atoms with Gasteiger partial charge >= 0.3 is 5.63 Å². The minimum Gasteiger partial charge on any atom is -0.437 e. The van der Waals surface area contributed by atoms with Crippen molar-refractivity contribution in [3.63, 3.8) is 0 Å². The summed E-state index contributed by atoms with van der Waals surface area (Å²) in [5.41, 5.74) is 3.90. The van der Waals surface area contributed by atoms with Crippen LogP contribution in [-0.4, -0.2) is 0 Å². The predicted octanol–water partition coefficient (Wildman–Crippen LogP) is 4.13. The number of aromatic nitrogens is 2. The van der Waals surface area contributed by atoms with Gasteiger partial charge in [0.25, 0.3) is 0 Å². The van der Waals surface area contributed by atoms with Crippen LogP contribution in [0.3, 0.4) is 0 Å². The number of rotatable bonds is 1. The molecule has 31 heavy (non-hydrogen) atoms. The van der Waals surface area contributed by atoms with E-state index >= 15 is 0 Å². The quantitative estimate of drug-likeness (QED) is 0.129. The Balaban J connectivity index is 0.000000176. The van der Waals surface area contributed by atoms with Crippen LogP contribution in [0.5, 0.6) is 0 Å². The molecule has 0 fully saturated rings. The third kappa shape index (κ3) is 4.48. The first kappa shape index (κ1) is 22.2. The van der Waals surface area contributed by atoms with Gasteiger partial charge in [0.15, 0.2) is 0 Å². The fourth-order valence-electron chi connectivity index (χ4n) is 3.35. The Kier molecular flexibility index (Phi) is 6.81. The van der Waals surface area contributed by atoms with Crippen LogP contribution in [0.4, 0.5) is 0 Å². The average molecular weight is 585 g/mol. The van der Waals surface area contributed by atoms with Crippen LogP contribution in [0.2, 0.25) is 0 Å². The molecule has 0 spiro atoms. The van der Waals surface area contributed by atoms with Gasteiger partial charge in [0, 0.05) is 34.2 Å². The van der Waals surface area contributed by atoms with Gasteiger partial charge in [0.1, 0.15) is 5.69 Å². The van der Waals surface area contributed by atoms with Crippen LogP contribution in [-0.2, 0) is 20.1 Å². The van der Waals surface area contributed by atoms with E-state index in [-0.39, 0.29) is 25.7 Å². The first-order valence-corrected chi connectivity index (χ1v) is 9.38. The maximum atomic E-state index is 11.8. The summed E-state index contributed by atoms with van der Waals surface area (Å²) >= 11 is 0. The molecule has 5 rings (SSSR count). The molecule has 5 heteroatoms. The molecule has 1 radical (unpaired) electrons. The van der Waals surface area contributed by atoms with Gasteiger partial charge < -0.3 is 13.6 Å². The van der Waals surface area contributed by atoms with Gasteiger partial charge in [-0.1, -0.05) is 35.2 Å². The summed E-state index contributed by atoms with van der Waals surface area (Å²) in [6.07, 6.45) is 3.73. The Morgan fingerprint density at radius 1 is 0.839 bits per heavy atom. The van der Waals surface area contributed by atoms with Gasteiger partial charge in [-0.3, -0.25) is 0 Å². The Labute approximate surface area is 194 Å². The van der Waals surface area contributed by atoms with Crippen LogP contribution < -0.4 is 14.8 Å². The van der Waals surface area contributed by atoms with Crippen molar-refractivity contribution in [2.24, 2.45) is 0 Å². The average Bonchev–Trinajstić information content (AvgIpc) is 2.76. The predicted molar refractivity (Wildman–Crippen MR) is 117 cm³/mol. The van der Waals surface area contributed by atoms with E-state index < -0.39 is 0 Å². The van der Waals surface area contributed by atoms with Crippen LogP contribution in [0.25, 0.3) is 33.1 Å². The molecule has 5 aromatic rings. The molecule has 0 aliphatic rings. The van der Waals surface area contributed by atoms with Crippen LogP contribution in [0.1, 0.15) is 5.56 Å². The monoisotopic (exact) mass is 585 g/mol. The zero-order valence-electron chi connectivity index (χ0n) is 16.7. The first-order valence-electron chi connectivity index (χ1n) is 9.38. The van der Waals surface area contributed by atoms with Crippen molar-refractivity contribution < 1.29 is 33.7 Å². The van der Waals surface area contributed by atoms with Crippen molar-refractivity contribution >= 4 is 21.9 Å². The summed E-state index contributed by atoms with van der Waals surface area (Å²) in [6.45, 7) is 3.97. The molecular formula is C26H20IrN2O2-2. The van der Waals surface area contributed by atoms with E-state index in [0.29, 0.717) is 11.0 Å². The Bertz CT molecular complexity index is 1400. The second-order valence-corrected chi connectivity index (χ2v) is 6.75. The fraction of sp³-hybridized carbons (Fsp3) is 0. The van der Waals surface area contributed by atoms with E-state index in [0.717, 1.165) is 27.7 Å². The molecule has 0 saturated heterocycles. The summed E-state index contributed by atoms with van der Waals surface area (Å²) < 4.78 is 8.78. The Hall–Kier alpha value is -3.53. The van der Waals surface area contributed by atoms with Gasteiger partial charge in [0.2, 0.25) is 0 Å². The van der Waals surface area contributed by atoms with E-state index in [4.69, 9.17) is 4.42 Å². The molecule has 3 aromatic heterocycles. The van der Waals surface area contributed by atoms with Gasteiger partial charge in [-0.25, -0.2) is 4.79 Å². The number of fused-ring (bicyclic) bond motifs is 3. The molecule has 157 valence electrons. The summed E-state index contributed by atoms with van der Waals surface area (Å²) in [7, 11) is 7.78. The third-order valence-electron chi connectivity index (χ3n) is 4.77. The molecule has 0 atom stereocenters. The maximum Gasteiger partial charge on any atom is 0.335 e. The molecule has 0 saturated carbocycles. The summed E-state index contributed by atoms with van der Waals surface area (Å²) in [4.78, 5) is 11.8. The molecule has 0 bridgehead atoms. The molecule has 0 aliphatic heterocycles. The Morgan fingerprint density at radius 2 is 1.61 bits per heavy atom. The van der Waals surface area contributed by atoms with Crippen molar-refractivity contribution in [2.75, 3.05) is 0 Å². The van der Waals surface area contributed by atoms with Crippen molar-refractivity contribution in [3.8, 4) is 11.3 Å². The number of hydrogen-bond donors (Lipinski definition) is 0. The molecule has 4 nitrogen and oxygen atoms in total. The third-order valence-corrected chi connectivity index (χ3v) is 4.77. The van der Waals surface area contributed by atoms with Crippen molar-refractivity contribution in [1.82, 2.24) is 0 Å². The summed E-state index contributed by atoms with van der Waals surface area (Å²) in [6, 6.07) is 26.0. The minimum atomic E-state index is -0.351. The molecule has 0 unspecified atom stereocenters.